The van der Waals surface area contributed by atoms with Crippen molar-refractivity contribution in [1.82, 2.24) is 15.0 Å². The molecule has 1 aromatic heterocycles. The molecule has 0 saturated carbocycles. The van der Waals surface area contributed by atoms with Crippen LogP contribution in [0.3, 0.4) is 0 Å². The lowest BCUT2D eigenvalue weighted by atomic mass is 10.1. The lowest BCUT2D eigenvalue weighted by Gasteiger charge is -2.24. The highest BCUT2D eigenvalue weighted by Crippen LogP contribution is 2.23. The van der Waals surface area contributed by atoms with E-state index >= 15 is 0 Å². The predicted molar refractivity (Wildman–Crippen MR) is 132 cm³/mol. The normalized spacial score (nSPS) is 10.9. The Morgan fingerprint density at radius 3 is 1.82 bits per heavy atom. The van der Waals surface area contributed by atoms with E-state index in [1.165, 1.54) is 0 Å². The Morgan fingerprint density at radius 1 is 0.788 bits per heavy atom. The Bertz CT molecular complexity index is 831. The number of anilines is 2. The molecule has 0 radical (unpaired) electrons. The van der Waals surface area contributed by atoms with Gasteiger partial charge >= 0.3 is 0 Å². The number of nitrogens with zero attached hydrogens (tertiary/aromatic N) is 5. The Hall–Kier alpha value is -2.59. The molecule has 0 saturated heterocycles. The van der Waals surface area contributed by atoms with Crippen molar-refractivity contribution in [3.05, 3.63) is 36.4 Å². The van der Waals surface area contributed by atoms with E-state index in [4.69, 9.17) is 23.9 Å². The minimum absolute atomic E-state index is 0.521. The van der Waals surface area contributed by atoms with Crippen LogP contribution in [-0.4, -0.2) is 96.0 Å². The van der Waals surface area contributed by atoms with Crippen LogP contribution in [0.5, 0.6) is 0 Å². The van der Waals surface area contributed by atoms with Gasteiger partial charge in [0.2, 0.25) is 11.9 Å². The van der Waals surface area contributed by atoms with E-state index in [1.807, 2.05) is 50.2 Å². The van der Waals surface area contributed by atoms with Gasteiger partial charge in [-0.15, -0.1) is 0 Å². The Kier molecular flexibility index (Phi) is 11.7. The van der Waals surface area contributed by atoms with Crippen LogP contribution in [0.15, 0.2) is 30.8 Å². The van der Waals surface area contributed by atoms with Crippen molar-refractivity contribution in [3.63, 3.8) is 0 Å². The molecule has 0 unspecified atom stereocenters. The molecule has 0 N–H and O–H groups in total. The van der Waals surface area contributed by atoms with Gasteiger partial charge in [-0.1, -0.05) is 36.4 Å². The van der Waals surface area contributed by atoms with Gasteiger partial charge in [0.15, 0.2) is 5.82 Å². The first-order valence-corrected chi connectivity index (χ1v) is 11.0. The first-order chi connectivity index (χ1) is 16.0. The smallest absolute Gasteiger partial charge is 0.230 e. The first-order valence-electron chi connectivity index (χ1n) is 11.0. The maximum absolute atomic E-state index is 5.68. The molecular formula is C24H37N5O4. The van der Waals surface area contributed by atoms with Gasteiger partial charge in [-0.3, -0.25) is 0 Å². The van der Waals surface area contributed by atoms with Crippen LogP contribution in [0.25, 0.3) is 17.0 Å². The summed E-state index contributed by atoms with van der Waals surface area (Å²) in [6.07, 6.45) is 0. The largest absolute Gasteiger partial charge is 0.382 e. The lowest BCUT2D eigenvalue weighted by molar-refractivity contribution is 0.0675. The number of benzene rings is 1. The zero-order valence-corrected chi connectivity index (χ0v) is 20.5. The van der Waals surface area contributed by atoms with Crippen molar-refractivity contribution in [1.29, 1.82) is 0 Å². The van der Waals surface area contributed by atoms with Crippen molar-refractivity contribution < 1.29 is 18.9 Å². The van der Waals surface area contributed by atoms with Gasteiger partial charge in [-0.25, -0.2) is 0 Å². The van der Waals surface area contributed by atoms with E-state index < -0.39 is 0 Å². The van der Waals surface area contributed by atoms with Crippen molar-refractivity contribution in [2.24, 2.45) is 0 Å². The van der Waals surface area contributed by atoms with Crippen molar-refractivity contribution in [2.45, 2.75) is 6.92 Å². The minimum Gasteiger partial charge on any atom is -0.382 e. The fourth-order valence-corrected chi connectivity index (χ4v) is 2.88. The second-order valence-electron chi connectivity index (χ2n) is 7.71. The van der Waals surface area contributed by atoms with E-state index in [9.17, 15) is 0 Å². The van der Waals surface area contributed by atoms with Crippen LogP contribution in [0.4, 0.5) is 11.9 Å². The fraction of sp³-hybridized carbons (Fsp3) is 0.542. The van der Waals surface area contributed by atoms with E-state index in [0.29, 0.717) is 70.5 Å². The molecule has 0 spiro atoms. The van der Waals surface area contributed by atoms with Crippen LogP contribution >= 0.6 is 0 Å². The molecule has 0 atom stereocenters. The molecule has 2 rings (SSSR count). The summed E-state index contributed by atoms with van der Waals surface area (Å²) in [6, 6.07) is 8.08. The van der Waals surface area contributed by atoms with E-state index in [0.717, 1.165) is 16.7 Å². The van der Waals surface area contributed by atoms with Crippen LogP contribution in [0, 0.1) is 0 Å². The maximum Gasteiger partial charge on any atom is 0.230 e. The van der Waals surface area contributed by atoms with Crippen LogP contribution in [0.2, 0.25) is 0 Å². The van der Waals surface area contributed by atoms with Crippen molar-refractivity contribution in [3.8, 4) is 11.4 Å². The van der Waals surface area contributed by atoms with Gasteiger partial charge in [-0.05, 0) is 12.5 Å². The second kappa shape index (κ2) is 14.5. The molecular weight excluding hydrogens is 422 g/mol. The van der Waals surface area contributed by atoms with E-state index in [1.54, 1.807) is 14.2 Å². The monoisotopic (exact) mass is 459 g/mol. The quantitative estimate of drug-likeness (QED) is 0.352. The molecule has 1 aromatic carbocycles. The lowest BCUT2D eigenvalue weighted by Crippen LogP contribution is -2.33. The number of methoxy groups -OCH3 is 2. The average molecular weight is 460 g/mol. The molecule has 1 heterocycles. The summed E-state index contributed by atoms with van der Waals surface area (Å²) in [6.45, 7) is 10.4. The van der Waals surface area contributed by atoms with Gasteiger partial charge in [-0.2, -0.15) is 15.0 Å². The predicted octanol–water partition coefficient (Wildman–Crippen LogP) is 2.77. The van der Waals surface area contributed by atoms with Crippen molar-refractivity contribution >= 4 is 17.5 Å². The highest BCUT2D eigenvalue weighted by atomic mass is 16.5. The van der Waals surface area contributed by atoms with Crippen LogP contribution < -0.4 is 9.80 Å². The van der Waals surface area contributed by atoms with Crippen LogP contribution in [0.1, 0.15) is 12.5 Å². The zero-order valence-electron chi connectivity index (χ0n) is 20.5. The molecule has 9 nitrogen and oxygen atoms in total. The average Bonchev–Trinajstić information content (AvgIpc) is 2.82. The van der Waals surface area contributed by atoms with E-state index in [-0.39, 0.29) is 0 Å². The van der Waals surface area contributed by atoms with Gasteiger partial charge in [0.25, 0.3) is 0 Å². The number of hydrogen-bond donors (Lipinski definition) is 0. The highest BCUT2D eigenvalue weighted by molar-refractivity contribution is 5.66. The maximum atomic E-state index is 5.68. The third-order valence-electron chi connectivity index (χ3n) is 4.81. The Morgan fingerprint density at radius 2 is 1.33 bits per heavy atom. The molecule has 0 aliphatic heterocycles. The molecule has 0 amide bonds. The molecule has 2 aromatic rings. The van der Waals surface area contributed by atoms with Crippen LogP contribution in [-0.2, 0) is 18.9 Å². The molecule has 0 fully saturated rings. The summed E-state index contributed by atoms with van der Waals surface area (Å²) in [4.78, 5) is 18.1. The minimum atomic E-state index is 0.521. The number of aromatic nitrogens is 3. The molecule has 0 aliphatic carbocycles. The second-order valence-corrected chi connectivity index (χ2v) is 7.71. The number of ether oxygens (including phenoxy) is 4. The first kappa shape index (κ1) is 26.7. The molecule has 33 heavy (non-hydrogen) atoms. The molecule has 0 bridgehead atoms. The molecule has 0 aliphatic rings. The summed E-state index contributed by atoms with van der Waals surface area (Å²) in [5.74, 6) is 1.78. The van der Waals surface area contributed by atoms with Crippen molar-refractivity contribution in [2.75, 3.05) is 90.8 Å². The summed E-state index contributed by atoms with van der Waals surface area (Å²) in [5.41, 5.74) is 3.02. The van der Waals surface area contributed by atoms with Gasteiger partial charge in [0, 0.05) is 47.0 Å². The standard InChI is InChI=1S/C24H37N5O4/c1-19(2)20-7-9-21(10-8-20)22-25-23(28(3)4)27-24(26-22)29(11-13-32-17-15-30-5)12-14-33-18-16-31-6/h7-10H,1,11-18H2,2-6H3. The number of hydrogen-bond acceptors (Lipinski definition) is 9. The summed E-state index contributed by atoms with van der Waals surface area (Å²) in [5, 5.41) is 0. The van der Waals surface area contributed by atoms with E-state index in [2.05, 4.69) is 21.4 Å². The summed E-state index contributed by atoms with van der Waals surface area (Å²) < 4.78 is 21.5. The number of rotatable bonds is 16. The zero-order chi connectivity index (χ0) is 24.1. The van der Waals surface area contributed by atoms with Gasteiger partial charge in [0.1, 0.15) is 0 Å². The van der Waals surface area contributed by atoms with Gasteiger partial charge in [0.05, 0.1) is 39.6 Å². The summed E-state index contributed by atoms with van der Waals surface area (Å²) in [7, 11) is 7.15. The van der Waals surface area contributed by atoms with Gasteiger partial charge < -0.3 is 28.7 Å². The SMILES string of the molecule is C=C(C)c1ccc(-c2nc(N(C)C)nc(N(CCOCCOC)CCOCCOC)n2)cc1. The topological polar surface area (TPSA) is 82.1 Å². The third-order valence-corrected chi connectivity index (χ3v) is 4.81. The molecule has 9 heteroatoms. The fourth-order valence-electron chi connectivity index (χ4n) is 2.88. The number of allylic oxidation sites excluding steroid dienone is 1. The highest BCUT2D eigenvalue weighted by Gasteiger charge is 2.16. The Labute approximate surface area is 197 Å². The Balaban J connectivity index is 2.26. The summed E-state index contributed by atoms with van der Waals surface area (Å²) >= 11 is 0. The molecule has 182 valence electrons. The third kappa shape index (κ3) is 9.05.